The molecule has 1 amide bonds. The molecule has 0 saturated carbocycles. The number of thiophene rings is 1. The van der Waals surface area contributed by atoms with Gasteiger partial charge in [-0.3, -0.25) is 9.63 Å². The second-order valence-corrected chi connectivity index (χ2v) is 5.72. The van der Waals surface area contributed by atoms with Gasteiger partial charge < -0.3 is 0 Å². The molecular formula is C12H12BrNO2S. The quantitative estimate of drug-likeness (QED) is 0.793. The number of hydrogen-bond donors (Lipinski definition) is 0. The molecule has 90 valence electrons. The van der Waals surface area contributed by atoms with Crippen molar-refractivity contribution in [2.75, 3.05) is 14.2 Å². The Morgan fingerprint density at radius 2 is 2.18 bits per heavy atom. The molecule has 0 atom stereocenters. The second kappa shape index (κ2) is 4.76. The molecule has 17 heavy (non-hydrogen) atoms. The highest BCUT2D eigenvalue weighted by molar-refractivity contribution is 9.10. The number of carbonyl (C=O) groups excluding carboxylic acids is 1. The molecule has 5 heteroatoms. The lowest BCUT2D eigenvalue weighted by molar-refractivity contribution is -0.0756. The van der Waals surface area contributed by atoms with Crippen molar-refractivity contribution in [3.05, 3.63) is 33.1 Å². The van der Waals surface area contributed by atoms with Crippen molar-refractivity contribution in [1.29, 1.82) is 0 Å². The first-order valence-electron chi connectivity index (χ1n) is 5.05. The fraction of sp³-hybridized carbons (Fsp3) is 0.250. The van der Waals surface area contributed by atoms with Crippen molar-refractivity contribution in [3.8, 4) is 0 Å². The zero-order chi connectivity index (χ0) is 12.6. The first kappa shape index (κ1) is 12.5. The molecule has 1 aromatic carbocycles. The molecule has 0 unspecified atom stereocenters. The van der Waals surface area contributed by atoms with Crippen molar-refractivity contribution in [2.45, 2.75) is 6.92 Å². The highest BCUT2D eigenvalue weighted by Crippen LogP contribution is 2.35. The lowest BCUT2D eigenvalue weighted by Crippen LogP contribution is -2.25. The summed E-state index contributed by atoms with van der Waals surface area (Å²) in [6, 6.07) is 5.67. The van der Waals surface area contributed by atoms with Crippen LogP contribution in [0.1, 0.15) is 15.2 Å². The molecule has 0 radical (unpaired) electrons. The molecule has 0 fully saturated rings. The zero-order valence-electron chi connectivity index (χ0n) is 9.78. The van der Waals surface area contributed by atoms with E-state index in [1.54, 1.807) is 18.4 Å². The molecule has 3 nitrogen and oxygen atoms in total. The van der Waals surface area contributed by atoms with Crippen LogP contribution in [-0.4, -0.2) is 25.1 Å². The fourth-order valence-electron chi connectivity index (χ4n) is 1.59. The maximum absolute atomic E-state index is 11.9. The number of hydroxylamine groups is 2. The minimum atomic E-state index is -0.142. The van der Waals surface area contributed by atoms with E-state index in [1.807, 2.05) is 18.2 Å². The SMILES string of the molecule is CON(C)C(=O)c1ccc2c(Br)c(C)sc2c1. The number of hydrogen-bond acceptors (Lipinski definition) is 3. The Morgan fingerprint density at radius 1 is 1.47 bits per heavy atom. The van der Waals surface area contributed by atoms with Gasteiger partial charge in [0.2, 0.25) is 0 Å². The minimum Gasteiger partial charge on any atom is -0.274 e. The molecule has 0 N–H and O–H groups in total. The Morgan fingerprint density at radius 3 is 2.82 bits per heavy atom. The van der Waals surface area contributed by atoms with E-state index in [1.165, 1.54) is 17.1 Å². The van der Waals surface area contributed by atoms with Gasteiger partial charge in [-0.2, -0.15) is 0 Å². The molecule has 2 rings (SSSR count). The van der Waals surface area contributed by atoms with E-state index < -0.39 is 0 Å². The predicted molar refractivity (Wildman–Crippen MR) is 73.4 cm³/mol. The van der Waals surface area contributed by atoms with Crippen molar-refractivity contribution in [2.24, 2.45) is 0 Å². The molecule has 0 saturated heterocycles. The van der Waals surface area contributed by atoms with Gasteiger partial charge in [0, 0.05) is 32.0 Å². The molecule has 0 aliphatic rings. The summed E-state index contributed by atoms with van der Waals surface area (Å²) < 4.78 is 2.21. The highest BCUT2D eigenvalue weighted by atomic mass is 79.9. The average molecular weight is 314 g/mol. The van der Waals surface area contributed by atoms with Gasteiger partial charge in [0.15, 0.2) is 0 Å². The summed E-state index contributed by atoms with van der Waals surface area (Å²) in [4.78, 5) is 18.0. The Bertz CT molecular complexity index is 579. The van der Waals surface area contributed by atoms with Gasteiger partial charge in [-0.25, -0.2) is 5.06 Å². The topological polar surface area (TPSA) is 29.5 Å². The van der Waals surface area contributed by atoms with Crippen LogP contribution in [0.25, 0.3) is 10.1 Å². The Hall–Kier alpha value is -0.910. The van der Waals surface area contributed by atoms with E-state index in [0.29, 0.717) is 5.56 Å². The van der Waals surface area contributed by atoms with E-state index in [2.05, 4.69) is 22.9 Å². The number of nitrogens with zero attached hydrogens (tertiary/aromatic N) is 1. The summed E-state index contributed by atoms with van der Waals surface area (Å²) in [5, 5.41) is 2.36. The monoisotopic (exact) mass is 313 g/mol. The summed E-state index contributed by atoms with van der Waals surface area (Å²) in [5.74, 6) is -0.142. The fourth-order valence-corrected chi connectivity index (χ4v) is 3.30. The Balaban J connectivity index is 2.48. The number of aryl methyl sites for hydroxylation is 1. The standard InChI is InChI=1S/C12H12BrNO2S/c1-7-11(13)9-5-4-8(6-10(9)17-7)12(15)14(2)16-3/h4-6H,1-3H3. The maximum atomic E-state index is 11.9. The number of rotatable bonds is 2. The van der Waals surface area contributed by atoms with Gasteiger partial charge in [-0.05, 0) is 35.0 Å². The van der Waals surface area contributed by atoms with E-state index >= 15 is 0 Å². The van der Waals surface area contributed by atoms with Crippen LogP contribution in [0, 0.1) is 6.92 Å². The third kappa shape index (κ3) is 2.22. The van der Waals surface area contributed by atoms with Crippen molar-refractivity contribution in [3.63, 3.8) is 0 Å². The molecular weight excluding hydrogens is 302 g/mol. The van der Waals surface area contributed by atoms with Crippen LogP contribution < -0.4 is 0 Å². The van der Waals surface area contributed by atoms with E-state index in [9.17, 15) is 4.79 Å². The summed E-state index contributed by atoms with van der Waals surface area (Å²) in [6.45, 7) is 2.05. The predicted octanol–water partition coefficient (Wildman–Crippen LogP) is 3.61. The van der Waals surface area contributed by atoms with E-state index in [-0.39, 0.29) is 5.91 Å². The third-order valence-electron chi connectivity index (χ3n) is 2.60. The van der Waals surface area contributed by atoms with Crippen LogP contribution in [-0.2, 0) is 4.84 Å². The normalized spacial score (nSPS) is 10.8. The first-order valence-corrected chi connectivity index (χ1v) is 6.66. The molecule has 0 aliphatic heterocycles. The molecule has 2 aromatic rings. The second-order valence-electron chi connectivity index (χ2n) is 3.67. The summed E-state index contributed by atoms with van der Waals surface area (Å²) in [5.41, 5.74) is 0.635. The van der Waals surface area contributed by atoms with Gasteiger partial charge in [0.25, 0.3) is 5.91 Å². The van der Waals surface area contributed by atoms with Gasteiger partial charge in [-0.1, -0.05) is 6.07 Å². The summed E-state index contributed by atoms with van der Waals surface area (Å²) in [7, 11) is 3.07. The van der Waals surface area contributed by atoms with Crippen LogP contribution in [0.4, 0.5) is 0 Å². The van der Waals surface area contributed by atoms with Crippen LogP contribution in [0.2, 0.25) is 0 Å². The van der Waals surface area contributed by atoms with Crippen molar-refractivity contribution >= 4 is 43.3 Å². The zero-order valence-corrected chi connectivity index (χ0v) is 12.2. The lowest BCUT2D eigenvalue weighted by atomic mass is 10.1. The third-order valence-corrected chi connectivity index (χ3v) is 4.95. The smallest absolute Gasteiger partial charge is 0.274 e. The number of amides is 1. The first-order chi connectivity index (χ1) is 8.04. The Kier molecular flexibility index (Phi) is 3.51. The van der Waals surface area contributed by atoms with E-state index in [4.69, 9.17) is 4.84 Å². The summed E-state index contributed by atoms with van der Waals surface area (Å²) >= 11 is 5.22. The molecule has 0 aliphatic carbocycles. The van der Waals surface area contributed by atoms with Crippen LogP contribution in [0.15, 0.2) is 22.7 Å². The Labute approximate surface area is 112 Å². The highest BCUT2D eigenvalue weighted by Gasteiger charge is 2.13. The maximum Gasteiger partial charge on any atom is 0.277 e. The number of fused-ring (bicyclic) bond motifs is 1. The van der Waals surface area contributed by atoms with Crippen molar-refractivity contribution < 1.29 is 9.63 Å². The molecule has 0 bridgehead atoms. The lowest BCUT2D eigenvalue weighted by Gasteiger charge is -2.13. The molecule has 1 aromatic heterocycles. The van der Waals surface area contributed by atoms with Gasteiger partial charge in [-0.15, -0.1) is 11.3 Å². The average Bonchev–Trinajstić information content (AvgIpc) is 2.62. The van der Waals surface area contributed by atoms with Crippen LogP contribution >= 0.6 is 27.3 Å². The van der Waals surface area contributed by atoms with Crippen LogP contribution in [0.3, 0.4) is 0 Å². The van der Waals surface area contributed by atoms with E-state index in [0.717, 1.165) is 14.6 Å². The van der Waals surface area contributed by atoms with Crippen molar-refractivity contribution in [1.82, 2.24) is 5.06 Å². The number of halogens is 1. The van der Waals surface area contributed by atoms with Gasteiger partial charge >= 0.3 is 0 Å². The van der Waals surface area contributed by atoms with Gasteiger partial charge in [0.1, 0.15) is 0 Å². The van der Waals surface area contributed by atoms with Gasteiger partial charge in [0.05, 0.1) is 7.11 Å². The summed E-state index contributed by atoms with van der Waals surface area (Å²) in [6.07, 6.45) is 0. The molecule has 1 heterocycles. The van der Waals surface area contributed by atoms with Crippen LogP contribution in [0.5, 0.6) is 0 Å². The molecule has 0 spiro atoms. The minimum absolute atomic E-state index is 0.142. The largest absolute Gasteiger partial charge is 0.277 e. The number of benzene rings is 1. The number of carbonyl (C=O) groups is 1.